The Kier molecular flexibility index (Phi) is 11.7. The Morgan fingerprint density at radius 2 is 1.59 bits per heavy atom. The lowest BCUT2D eigenvalue weighted by molar-refractivity contribution is -0.0833. The molecule has 44 heavy (non-hydrogen) atoms. The van der Waals surface area contributed by atoms with E-state index in [2.05, 4.69) is 17.4 Å². The summed E-state index contributed by atoms with van der Waals surface area (Å²) in [6.07, 6.45) is -0.708. The largest absolute Gasteiger partial charge is 0.496 e. The summed E-state index contributed by atoms with van der Waals surface area (Å²) < 4.78 is 30.0. The van der Waals surface area contributed by atoms with Gasteiger partial charge in [0.05, 0.1) is 57.4 Å². The number of methoxy groups -OCH3 is 1. The molecule has 0 aromatic heterocycles. The van der Waals surface area contributed by atoms with Crippen molar-refractivity contribution in [2.24, 2.45) is 0 Å². The number of fused-ring (bicyclic) bond motifs is 1. The zero-order valence-electron chi connectivity index (χ0n) is 24.9. The second-order valence-corrected chi connectivity index (χ2v) is 11.2. The molecule has 0 saturated carbocycles. The zero-order valence-corrected chi connectivity index (χ0v) is 25.6. The third kappa shape index (κ3) is 8.41. The number of para-hydroxylation sites is 1. The quantitative estimate of drug-likeness (QED) is 0.153. The predicted molar refractivity (Wildman–Crippen MR) is 171 cm³/mol. The van der Waals surface area contributed by atoms with E-state index in [0.29, 0.717) is 50.1 Å². The van der Waals surface area contributed by atoms with E-state index in [9.17, 15) is 10.2 Å². The molecule has 8 nitrogen and oxygen atoms in total. The zero-order chi connectivity index (χ0) is 30.7. The molecule has 4 atom stereocenters. The highest BCUT2D eigenvalue weighted by atomic mass is 35.5. The molecule has 4 aromatic rings. The highest BCUT2D eigenvalue weighted by Crippen LogP contribution is 2.33. The summed E-state index contributed by atoms with van der Waals surface area (Å²) >= 11 is 6.15. The number of ether oxygens (including phenoxy) is 5. The second-order valence-electron chi connectivity index (χ2n) is 10.8. The molecule has 1 aliphatic heterocycles. The minimum absolute atomic E-state index is 0.0331. The van der Waals surface area contributed by atoms with Gasteiger partial charge < -0.3 is 39.2 Å². The Labute approximate surface area is 263 Å². The number of benzene rings is 4. The fourth-order valence-electron chi connectivity index (χ4n) is 5.47. The Balaban J connectivity index is 1.24. The summed E-state index contributed by atoms with van der Waals surface area (Å²) in [7, 11) is 1.68. The molecule has 5 rings (SSSR count). The van der Waals surface area contributed by atoms with Crippen molar-refractivity contribution in [2.75, 3.05) is 46.6 Å². The van der Waals surface area contributed by atoms with Gasteiger partial charge in [0.1, 0.15) is 23.4 Å². The average Bonchev–Trinajstić information content (AvgIpc) is 3.06. The van der Waals surface area contributed by atoms with E-state index in [1.165, 1.54) is 0 Å². The summed E-state index contributed by atoms with van der Waals surface area (Å²) in [6.45, 7) is 2.31. The van der Waals surface area contributed by atoms with E-state index in [1.54, 1.807) is 13.2 Å². The van der Waals surface area contributed by atoms with Crippen LogP contribution in [0.5, 0.6) is 17.2 Å². The van der Waals surface area contributed by atoms with Crippen LogP contribution < -0.4 is 19.5 Å². The molecule has 1 fully saturated rings. The smallest absolute Gasteiger partial charge is 0.137 e. The van der Waals surface area contributed by atoms with Gasteiger partial charge in [0.25, 0.3) is 0 Å². The van der Waals surface area contributed by atoms with Gasteiger partial charge in [-0.15, -0.1) is 0 Å². The van der Waals surface area contributed by atoms with Crippen LogP contribution in [0.15, 0.2) is 84.9 Å². The predicted octanol–water partition coefficient (Wildman–Crippen LogP) is 5.36. The Morgan fingerprint density at radius 3 is 2.36 bits per heavy atom. The van der Waals surface area contributed by atoms with E-state index < -0.39 is 6.10 Å². The second kappa shape index (κ2) is 16.1. The van der Waals surface area contributed by atoms with Crippen LogP contribution in [0.25, 0.3) is 10.8 Å². The summed E-state index contributed by atoms with van der Waals surface area (Å²) in [5.41, 5.74) is 2.06. The van der Waals surface area contributed by atoms with Crippen molar-refractivity contribution >= 4 is 22.4 Å². The Hall–Kier alpha value is -3.37. The number of piperidine rings is 1. The number of hydrogen-bond acceptors (Lipinski definition) is 8. The number of aliphatic hydroxyl groups is 2. The molecule has 0 bridgehead atoms. The van der Waals surface area contributed by atoms with E-state index >= 15 is 0 Å². The monoisotopic (exact) mass is 621 g/mol. The van der Waals surface area contributed by atoms with Crippen molar-refractivity contribution in [1.29, 1.82) is 0 Å². The molecule has 1 unspecified atom stereocenters. The fourth-order valence-corrected chi connectivity index (χ4v) is 5.66. The highest BCUT2D eigenvalue weighted by Gasteiger charge is 2.36. The van der Waals surface area contributed by atoms with Gasteiger partial charge in [-0.1, -0.05) is 60.1 Å². The highest BCUT2D eigenvalue weighted by molar-refractivity contribution is 6.32. The maximum absolute atomic E-state index is 9.96. The molecule has 4 aromatic carbocycles. The van der Waals surface area contributed by atoms with Crippen molar-refractivity contribution in [3.63, 3.8) is 0 Å². The Morgan fingerprint density at radius 1 is 0.864 bits per heavy atom. The van der Waals surface area contributed by atoms with Crippen LogP contribution in [0, 0.1) is 0 Å². The lowest BCUT2D eigenvalue weighted by Gasteiger charge is -2.39. The van der Waals surface area contributed by atoms with Crippen molar-refractivity contribution in [3.05, 3.63) is 101 Å². The summed E-state index contributed by atoms with van der Waals surface area (Å²) in [5.74, 6) is 2.13. The molecule has 1 aliphatic rings. The van der Waals surface area contributed by atoms with Crippen molar-refractivity contribution < 1.29 is 33.9 Å². The summed E-state index contributed by atoms with van der Waals surface area (Å²) in [4.78, 5) is 0. The topological polar surface area (TPSA) is 98.6 Å². The molecule has 234 valence electrons. The standard InChI is InChI=1S/C35H40ClNO7/c1-40-32-18-24(17-26-7-2-3-8-29(26)32)22-43-33-19-37-20-34(44-23-27(39)21-38)35(33)25-11-13-28(14-12-25)41-15-6-16-42-31-10-5-4-9-30(31)36/h2-5,7-14,17-18,27,33-35,37-39H,6,15-16,19-23H2,1H3/t27?,33-,34+,35+/m0/s1. The van der Waals surface area contributed by atoms with Gasteiger partial charge in [-0.25, -0.2) is 0 Å². The molecular weight excluding hydrogens is 582 g/mol. The van der Waals surface area contributed by atoms with Gasteiger partial charge >= 0.3 is 0 Å². The van der Waals surface area contributed by atoms with Gasteiger partial charge in [-0.2, -0.15) is 0 Å². The summed E-state index contributed by atoms with van der Waals surface area (Å²) in [6, 6.07) is 27.7. The lowest BCUT2D eigenvalue weighted by Crippen LogP contribution is -2.51. The molecule has 0 amide bonds. The van der Waals surface area contributed by atoms with Crippen LogP contribution in [0.4, 0.5) is 0 Å². The summed E-state index contributed by atoms with van der Waals surface area (Å²) in [5, 5.41) is 25.4. The molecule has 0 radical (unpaired) electrons. The third-order valence-corrected chi connectivity index (χ3v) is 8.00. The van der Waals surface area contributed by atoms with E-state index in [-0.39, 0.29) is 31.3 Å². The molecule has 9 heteroatoms. The number of rotatable bonds is 15. The molecule has 1 heterocycles. The number of halogens is 1. The van der Waals surface area contributed by atoms with Gasteiger partial charge in [0, 0.05) is 30.8 Å². The fraction of sp³-hybridized carbons (Fsp3) is 0.371. The van der Waals surface area contributed by atoms with Gasteiger partial charge in [0.15, 0.2) is 0 Å². The Bertz CT molecular complexity index is 1470. The van der Waals surface area contributed by atoms with Crippen LogP contribution in [-0.2, 0) is 16.1 Å². The van der Waals surface area contributed by atoms with E-state index in [1.807, 2.05) is 66.7 Å². The van der Waals surface area contributed by atoms with Crippen molar-refractivity contribution in [2.45, 2.75) is 37.3 Å². The van der Waals surface area contributed by atoms with Crippen LogP contribution in [0.3, 0.4) is 0 Å². The number of hydrogen-bond donors (Lipinski definition) is 3. The SMILES string of the molecule is COc1cc(CO[C@H]2CNC[C@@H](OCC(O)CO)[C@@H]2c2ccc(OCCCOc3ccccc3Cl)cc2)cc2ccccc12. The van der Waals surface area contributed by atoms with Gasteiger partial charge in [-0.05, 0) is 52.9 Å². The maximum Gasteiger partial charge on any atom is 0.137 e. The van der Waals surface area contributed by atoms with Gasteiger partial charge in [-0.3, -0.25) is 0 Å². The van der Waals surface area contributed by atoms with Crippen molar-refractivity contribution in [1.82, 2.24) is 5.32 Å². The first-order chi connectivity index (χ1) is 21.6. The first-order valence-electron chi connectivity index (χ1n) is 14.9. The molecule has 1 saturated heterocycles. The minimum atomic E-state index is -0.945. The average molecular weight is 622 g/mol. The molecule has 0 aliphatic carbocycles. The first kappa shape index (κ1) is 32.0. The van der Waals surface area contributed by atoms with Crippen LogP contribution in [0.1, 0.15) is 23.5 Å². The maximum atomic E-state index is 9.96. The number of nitrogens with one attached hydrogen (secondary N) is 1. The van der Waals surface area contributed by atoms with Gasteiger partial charge in [0.2, 0.25) is 0 Å². The number of aliphatic hydroxyl groups excluding tert-OH is 2. The van der Waals surface area contributed by atoms with Crippen LogP contribution in [0.2, 0.25) is 5.02 Å². The van der Waals surface area contributed by atoms with E-state index in [0.717, 1.165) is 33.4 Å². The van der Waals surface area contributed by atoms with Crippen molar-refractivity contribution in [3.8, 4) is 17.2 Å². The normalized spacial score (nSPS) is 19.0. The van der Waals surface area contributed by atoms with Crippen LogP contribution in [-0.4, -0.2) is 75.2 Å². The minimum Gasteiger partial charge on any atom is -0.496 e. The van der Waals surface area contributed by atoms with E-state index in [4.69, 9.17) is 35.3 Å². The molecule has 3 N–H and O–H groups in total. The first-order valence-corrected chi connectivity index (χ1v) is 15.3. The molecule has 0 spiro atoms. The molecular formula is C35H40ClNO7. The lowest BCUT2D eigenvalue weighted by atomic mass is 9.85. The van der Waals surface area contributed by atoms with Crippen LogP contribution >= 0.6 is 11.6 Å². The third-order valence-electron chi connectivity index (χ3n) is 7.69.